The summed E-state index contributed by atoms with van der Waals surface area (Å²) in [6.07, 6.45) is 3.98. The maximum absolute atomic E-state index is 5.18. The molecule has 3 heteroatoms. The van der Waals surface area contributed by atoms with Crippen LogP contribution in [0.1, 0.15) is 40.0 Å². The molecule has 1 N–H and O–H groups in total. The Morgan fingerprint density at radius 3 is 2.62 bits per heavy atom. The van der Waals surface area contributed by atoms with Crippen molar-refractivity contribution >= 4 is 0 Å². The highest BCUT2D eigenvalue weighted by molar-refractivity contribution is 4.90. The third-order valence-electron chi connectivity index (χ3n) is 3.57. The van der Waals surface area contributed by atoms with E-state index in [-0.39, 0.29) is 0 Å². The van der Waals surface area contributed by atoms with E-state index in [0.717, 1.165) is 19.7 Å². The minimum Gasteiger partial charge on any atom is -0.383 e. The molecular formula is C13H28N2O. The molecule has 1 fully saturated rings. The summed E-state index contributed by atoms with van der Waals surface area (Å²) in [6, 6.07) is 0.593. The van der Waals surface area contributed by atoms with Crippen LogP contribution in [0, 0.1) is 0 Å². The Labute approximate surface area is 101 Å². The third kappa shape index (κ3) is 4.40. The zero-order valence-corrected chi connectivity index (χ0v) is 11.4. The molecule has 0 aliphatic carbocycles. The van der Waals surface area contributed by atoms with Crippen LogP contribution in [0.15, 0.2) is 0 Å². The van der Waals surface area contributed by atoms with Gasteiger partial charge in [-0.25, -0.2) is 0 Å². The molecule has 1 atom stereocenters. The molecule has 0 aromatic heterocycles. The van der Waals surface area contributed by atoms with Gasteiger partial charge in [0.15, 0.2) is 0 Å². The van der Waals surface area contributed by atoms with E-state index in [1.165, 1.54) is 25.8 Å². The van der Waals surface area contributed by atoms with Crippen molar-refractivity contribution in [1.29, 1.82) is 0 Å². The predicted molar refractivity (Wildman–Crippen MR) is 68.8 cm³/mol. The van der Waals surface area contributed by atoms with E-state index >= 15 is 0 Å². The molecule has 0 saturated carbocycles. The Balaban J connectivity index is 2.45. The van der Waals surface area contributed by atoms with Crippen molar-refractivity contribution in [2.45, 2.75) is 51.6 Å². The second kappa shape index (κ2) is 6.58. The molecule has 1 unspecified atom stereocenters. The fourth-order valence-electron chi connectivity index (χ4n) is 2.43. The summed E-state index contributed by atoms with van der Waals surface area (Å²) in [5, 5.41) is 3.67. The van der Waals surface area contributed by atoms with Gasteiger partial charge in [-0.15, -0.1) is 0 Å². The molecule has 1 heterocycles. The van der Waals surface area contributed by atoms with Crippen LogP contribution < -0.4 is 5.32 Å². The number of nitrogens with zero attached hydrogens (tertiary/aromatic N) is 1. The molecule has 0 aromatic rings. The van der Waals surface area contributed by atoms with Crippen molar-refractivity contribution in [2.24, 2.45) is 0 Å². The maximum atomic E-state index is 5.18. The Hall–Kier alpha value is -0.120. The maximum Gasteiger partial charge on any atom is 0.0589 e. The summed E-state index contributed by atoms with van der Waals surface area (Å²) in [6.45, 7) is 11.1. The topological polar surface area (TPSA) is 24.5 Å². The summed E-state index contributed by atoms with van der Waals surface area (Å²) >= 11 is 0. The summed E-state index contributed by atoms with van der Waals surface area (Å²) < 4.78 is 5.18. The highest BCUT2D eigenvalue weighted by Gasteiger charge is 2.29. The molecule has 16 heavy (non-hydrogen) atoms. The monoisotopic (exact) mass is 228 g/mol. The molecule has 1 aliphatic rings. The fraction of sp³-hybridized carbons (Fsp3) is 1.00. The molecule has 0 aromatic carbocycles. The number of hydrogen-bond acceptors (Lipinski definition) is 3. The lowest BCUT2D eigenvalue weighted by Crippen LogP contribution is -2.55. The lowest BCUT2D eigenvalue weighted by Gasteiger charge is -2.40. The Kier molecular flexibility index (Phi) is 5.73. The smallest absolute Gasteiger partial charge is 0.0589 e. The minimum atomic E-state index is 0.302. The molecule has 0 radical (unpaired) electrons. The van der Waals surface area contributed by atoms with Gasteiger partial charge in [-0.3, -0.25) is 4.90 Å². The standard InChI is InChI=1S/C13H28N2O/c1-12(2)15(9-10-16-4)11-13(3)7-5-6-8-14-13/h12,14H,5-11H2,1-4H3. The van der Waals surface area contributed by atoms with Gasteiger partial charge in [-0.05, 0) is 40.2 Å². The van der Waals surface area contributed by atoms with Crippen LogP contribution in [0.3, 0.4) is 0 Å². The molecule has 1 rings (SSSR count). The van der Waals surface area contributed by atoms with Crippen molar-refractivity contribution in [3.8, 4) is 0 Å². The Morgan fingerprint density at radius 1 is 1.38 bits per heavy atom. The van der Waals surface area contributed by atoms with E-state index in [1.54, 1.807) is 7.11 Å². The van der Waals surface area contributed by atoms with Gasteiger partial charge in [-0.1, -0.05) is 6.42 Å². The molecule has 1 aliphatic heterocycles. The van der Waals surface area contributed by atoms with Crippen molar-refractivity contribution in [1.82, 2.24) is 10.2 Å². The van der Waals surface area contributed by atoms with Crippen LogP contribution in [-0.2, 0) is 4.74 Å². The van der Waals surface area contributed by atoms with Gasteiger partial charge in [0, 0.05) is 31.8 Å². The van der Waals surface area contributed by atoms with Gasteiger partial charge in [0.05, 0.1) is 6.61 Å². The molecule has 0 bridgehead atoms. The normalized spacial score (nSPS) is 26.6. The number of hydrogen-bond donors (Lipinski definition) is 1. The Bertz CT molecular complexity index is 188. The first kappa shape index (κ1) is 13.9. The minimum absolute atomic E-state index is 0.302. The number of methoxy groups -OCH3 is 1. The third-order valence-corrected chi connectivity index (χ3v) is 3.57. The van der Waals surface area contributed by atoms with Crippen molar-refractivity contribution in [3.63, 3.8) is 0 Å². The lowest BCUT2D eigenvalue weighted by atomic mass is 9.90. The van der Waals surface area contributed by atoms with Crippen molar-refractivity contribution in [2.75, 3.05) is 33.4 Å². The second-order valence-electron chi connectivity index (χ2n) is 5.50. The zero-order chi connectivity index (χ0) is 12.0. The van der Waals surface area contributed by atoms with Gasteiger partial charge in [0.25, 0.3) is 0 Å². The van der Waals surface area contributed by atoms with E-state index in [1.807, 2.05) is 0 Å². The largest absolute Gasteiger partial charge is 0.383 e. The fourth-order valence-corrected chi connectivity index (χ4v) is 2.43. The molecule has 0 spiro atoms. The van der Waals surface area contributed by atoms with Crippen molar-refractivity contribution in [3.05, 3.63) is 0 Å². The predicted octanol–water partition coefficient (Wildman–Crippen LogP) is 1.88. The van der Waals surface area contributed by atoms with Crippen molar-refractivity contribution < 1.29 is 4.74 Å². The van der Waals surface area contributed by atoms with E-state index in [0.29, 0.717) is 11.6 Å². The number of ether oxygens (including phenoxy) is 1. The van der Waals surface area contributed by atoms with Crippen LogP contribution >= 0.6 is 0 Å². The number of piperidine rings is 1. The van der Waals surface area contributed by atoms with Crippen LogP contribution in [0.25, 0.3) is 0 Å². The summed E-state index contributed by atoms with van der Waals surface area (Å²) in [5.74, 6) is 0. The van der Waals surface area contributed by atoms with Crippen LogP contribution in [-0.4, -0.2) is 49.8 Å². The highest BCUT2D eigenvalue weighted by Crippen LogP contribution is 2.20. The summed E-state index contributed by atoms with van der Waals surface area (Å²) in [5.41, 5.74) is 0.302. The number of rotatable bonds is 6. The van der Waals surface area contributed by atoms with Gasteiger partial charge in [0.2, 0.25) is 0 Å². The average Bonchev–Trinajstić information content (AvgIpc) is 2.25. The molecule has 0 amide bonds. The highest BCUT2D eigenvalue weighted by atomic mass is 16.5. The van der Waals surface area contributed by atoms with Gasteiger partial charge in [-0.2, -0.15) is 0 Å². The molecule has 96 valence electrons. The Morgan fingerprint density at radius 2 is 2.12 bits per heavy atom. The first-order valence-corrected chi connectivity index (χ1v) is 6.55. The average molecular weight is 228 g/mol. The first-order valence-electron chi connectivity index (χ1n) is 6.55. The quantitative estimate of drug-likeness (QED) is 0.751. The first-order chi connectivity index (χ1) is 7.57. The lowest BCUT2D eigenvalue weighted by molar-refractivity contribution is 0.0950. The summed E-state index contributed by atoms with van der Waals surface area (Å²) in [4.78, 5) is 2.52. The van der Waals surface area contributed by atoms with Gasteiger partial charge < -0.3 is 10.1 Å². The van der Waals surface area contributed by atoms with Crippen LogP contribution in [0.4, 0.5) is 0 Å². The summed E-state index contributed by atoms with van der Waals surface area (Å²) in [7, 11) is 1.78. The molecule has 1 saturated heterocycles. The zero-order valence-electron chi connectivity index (χ0n) is 11.4. The van der Waals surface area contributed by atoms with Crippen LogP contribution in [0.5, 0.6) is 0 Å². The van der Waals surface area contributed by atoms with Gasteiger partial charge >= 0.3 is 0 Å². The van der Waals surface area contributed by atoms with E-state index in [2.05, 4.69) is 31.0 Å². The number of nitrogens with one attached hydrogen (secondary N) is 1. The van der Waals surface area contributed by atoms with E-state index < -0.39 is 0 Å². The molecular weight excluding hydrogens is 200 g/mol. The van der Waals surface area contributed by atoms with E-state index in [9.17, 15) is 0 Å². The second-order valence-corrected chi connectivity index (χ2v) is 5.50. The SMILES string of the molecule is COCCN(CC1(C)CCCCN1)C(C)C. The van der Waals surface area contributed by atoms with Gasteiger partial charge in [0.1, 0.15) is 0 Å². The van der Waals surface area contributed by atoms with E-state index in [4.69, 9.17) is 4.74 Å². The molecule has 3 nitrogen and oxygen atoms in total. The van der Waals surface area contributed by atoms with Crippen LogP contribution in [0.2, 0.25) is 0 Å².